The molecule has 12 nitrogen and oxygen atoms in total. The van der Waals surface area contributed by atoms with Gasteiger partial charge in [-0.3, -0.25) is 14.3 Å². The summed E-state index contributed by atoms with van der Waals surface area (Å²) < 4.78 is 7.67. The van der Waals surface area contributed by atoms with Gasteiger partial charge in [-0.2, -0.15) is 5.10 Å². The summed E-state index contributed by atoms with van der Waals surface area (Å²) in [7, 11) is 1.87. The van der Waals surface area contributed by atoms with Crippen molar-refractivity contribution in [2.45, 2.75) is 51.7 Å². The lowest BCUT2D eigenvalue weighted by Gasteiger charge is -2.32. The first-order valence-electron chi connectivity index (χ1n) is 15.0. The molecule has 2 aromatic carbocycles. The van der Waals surface area contributed by atoms with E-state index >= 15 is 0 Å². The highest BCUT2D eigenvalue weighted by atomic mass is 35.5. The van der Waals surface area contributed by atoms with Crippen molar-refractivity contribution in [2.24, 2.45) is 29.4 Å². The highest BCUT2D eigenvalue weighted by Gasteiger charge is 2.28. The summed E-state index contributed by atoms with van der Waals surface area (Å²) in [6.45, 7) is 5.01. The second-order valence-corrected chi connectivity index (χ2v) is 12.4. The van der Waals surface area contributed by atoms with Crippen molar-refractivity contribution in [3.05, 3.63) is 69.3 Å². The lowest BCUT2D eigenvalue weighted by atomic mass is 9.92. The molecule has 0 spiro atoms. The second-order valence-electron chi connectivity index (χ2n) is 11.7. The van der Waals surface area contributed by atoms with E-state index in [4.69, 9.17) is 39.4 Å². The van der Waals surface area contributed by atoms with Gasteiger partial charge < -0.3 is 31.5 Å². The normalized spacial score (nSPS) is 14.2. The van der Waals surface area contributed by atoms with Crippen LogP contribution in [0, 0.1) is 5.92 Å². The first kappa shape index (κ1) is 34.6. The molecule has 6 N–H and O–H groups in total. The molecule has 1 atom stereocenters. The third kappa shape index (κ3) is 8.70. The van der Waals surface area contributed by atoms with E-state index in [2.05, 4.69) is 15.4 Å². The van der Waals surface area contributed by atoms with Crippen LogP contribution < -0.4 is 21.5 Å². The van der Waals surface area contributed by atoms with Crippen LogP contribution in [0.25, 0.3) is 11.3 Å². The largest absolute Gasteiger partial charge is 0.487 e. The van der Waals surface area contributed by atoms with Crippen LogP contribution in [0.5, 0.6) is 5.75 Å². The van der Waals surface area contributed by atoms with Gasteiger partial charge in [0.2, 0.25) is 11.8 Å². The number of ether oxygens (including phenoxy) is 1. The molecule has 1 fully saturated rings. The standard InChI is InChI=1S/C32H39Cl2N7O5/c1-18(2)13-24(38-32(35)36)30(43)37-16-27(42)41-11-9-20(10-12-41)25-15-23(39-40(25)3)22-7-8-26(29(34)28(22)33)46-17-19-5-4-6-21(14-19)31(44)45/h4-8,14-15,18,20,24H,9-13,16-17H2,1-3H3,(H,37,43)(H,44,45)(H4,35,36,38)/t24-/m1/s1. The predicted molar refractivity (Wildman–Crippen MR) is 177 cm³/mol. The molecule has 46 heavy (non-hydrogen) atoms. The molecule has 14 heteroatoms. The number of carboxylic acid groups (broad SMARTS) is 1. The second kappa shape index (κ2) is 15.3. The van der Waals surface area contributed by atoms with Crippen molar-refractivity contribution in [2.75, 3.05) is 19.6 Å². The van der Waals surface area contributed by atoms with Crippen LogP contribution in [0.4, 0.5) is 0 Å². The van der Waals surface area contributed by atoms with Gasteiger partial charge in [-0.25, -0.2) is 9.79 Å². The van der Waals surface area contributed by atoms with Crippen LogP contribution in [0.2, 0.25) is 10.0 Å². The van der Waals surface area contributed by atoms with Gasteiger partial charge in [0.1, 0.15) is 23.4 Å². The summed E-state index contributed by atoms with van der Waals surface area (Å²) in [4.78, 5) is 42.5. The molecule has 0 saturated carbocycles. The first-order valence-corrected chi connectivity index (χ1v) is 15.7. The number of carboxylic acids is 1. The summed E-state index contributed by atoms with van der Waals surface area (Å²) in [5, 5.41) is 17.1. The first-order chi connectivity index (χ1) is 21.8. The number of carbonyl (C=O) groups excluding carboxylic acids is 2. The lowest BCUT2D eigenvalue weighted by molar-refractivity contribution is -0.134. The number of hydrogen-bond acceptors (Lipinski definition) is 6. The molecule has 0 radical (unpaired) electrons. The van der Waals surface area contributed by atoms with E-state index in [1.807, 2.05) is 31.6 Å². The fourth-order valence-electron chi connectivity index (χ4n) is 5.45. The molecule has 0 bridgehead atoms. The molecule has 2 amide bonds. The SMILES string of the molecule is CC(C)C[C@@H](N=C(N)N)C(=O)NCC(=O)N1CCC(c2cc(-c3ccc(OCc4cccc(C(=O)O)c4)c(Cl)c3Cl)nn2C)CC1. The highest BCUT2D eigenvalue weighted by Crippen LogP contribution is 2.40. The topological polar surface area (TPSA) is 178 Å². The van der Waals surface area contributed by atoms with E-state index in [0.29, 0.717) is 47.1 Å². The highest BCUT2D eigenvalue weighted by molar-refractivity contribution is 6.44. The minimum Gasteiger partial charge on any atom is -0.487 e. The zero-order valence-electron chi connectivity index (χ0n) is 26.0. The van der Waals surface area contributed by atoms with Crippen molar-refractivity contribution < 1.29 is 24.2 Å². The smallest absolute Gasteiger partial charge is 0.335 e. The number of rotatable bonds is 12. The third-order valence-electron chi connectivity index (χ3n) is 7.79. The van der Waals surface area contributed by atoms with Crippen LogP contribution >= 0.6 is 23.2 Å². The molecule has 1 aliphatic heterocycles. The average molecular weight is 673 g/mol. The van der Waals surface area contributed by atoms with Gasteiger partial charge in [-0.05, 0) is 61.1 Å². The van der Waals surface area contributed by atoms with E-state index < -0.39 is 12.0 Å². The maximum Gasteiger partial charge on any atom is 0.335 e. The molecular formula is C32H39Cl2N7O5. The molecule has 246 valence electrons. The number of nitrogens with two attached hydrogens (primary N) is 2. The number of nitrogens with one attached hydrogen (secondary N) is 1. The molecule has 0 aliphatic carbocycles. The Morgan fingerprint density at radius 1 is 1.11 bits per heavy atom. The summed E-state index contributed by atoms with van der Waals surface area (Å²) in [5.41, 5.74) is 14.1. The maximum absolute atomic E-state index is 12.9. The fourth-order valence-corrected chi connectivity index (χ4v) is 5.93. The van der Waals surface area contributed by atoms with Gasteiger partial charge in [0.25, 0.3) is 0 Å². The predicted octanol–water partition coefficient (Wildman–Crippen LogP) is 4.18. The van der Waals surface area contributed by atoms with Crippen molar-refractivity contribution >= 4 is 46.9 Å². The number of piperidine rings is 1. The molecular weight excluding hydrogens is 633 g/mol. The number of aliphatic imine (C=N–C) groups is 1. The van der Waals surface area contributed by atoms with Crippen LogP contribution in [-0.4, -0.2) is 69.2 Å². The Morgan fingerprint density at radius 3 is 2.48 bits per heavy atom. The van der Waals surface area contributed by atoms with Gasteiger partial charge in [0.15, 0.2) is 5.96 Å². The summed E-state index contributed by atoms with van der Waals surface area (Å²) in [6.07, 6.45) is 1.93. The van der Waals surface area contributed by atoms with Crippen LogP contribution in [0.15, 0.2) is 47.5 Å². The number of aromatic nitrogens is 2. The molecule has 0 unspecified atom stereocenters. The Kier molecular flexibility index (Phi) is 11.5. The van der Waals surface area contributed by atoms with Crippen LogP contribution in [0.1, 0.15) is 60.6 Å². The number of aromatic carboxylic acids is 1. The minimum absolute atomic E-state index is 0.119. The fraction of sp³-hybridized carbons (Fsp3) is 0.406. The van der Waals surface area contributed by atoms with Crippen molar-refractivity contribution in [1.82, 2.24) is 20.0 Å². The molecule has 2 heterocycles. The number of benzene rings is 2. The zero-order chi connectivity index (χ0) is 33.5. The monoisotopic (exact) mass is 671 g/mol. The number of likely N-dealkylation sites (tertiary alicyclic amines) is 1. The average Bonchev–Trinajstić information content (AvgIpc) is 3.40. The maximum atomic E-state index is 12.9. The van der Waals surface area contributed by atoms with E-state index in [1.165, 1.54) is 6.07 Å². The zero-order valence-corrected chi connectivity index (χ0v) is 27.5. The summed E-state index contributed by atoms with van der Waals surface area (Å²) >= 11 is 13.2. The van der Waals surface area contributed by atoms with Crippen molar-refractivity contribution in [3.63, 3.8) is 0 Å². The quantitative estimate of drug-likeness (QED) is 0.164. The number of amides is 2. The third-order valence-corrected chi connectivity index (χ3v) is 8.65. The Hall–Kier alpha value is -4.29. The van der Waals surface area contributed by atoms with Gasteiger partial charge in [0, 0.05) is 37.3 Å². The van der Waals surface area contributed by atoms with Crippen LogP contribution in [-0.2, 0) is 23.2 Å². The number of aryl methyl sites for hydroxylation is 1. The number of hydrogen-bond donors (Lipinski definition) is 4. The number of guanidine groups is 1. The van der Waals surface area contributed by atoms with E-state index in [9.17, 15) is 19.5 Å². The Labute approximate surface area is 277 Å². The van der Waals surface area contributed by atoms with Gasteiger partial charge >= 0.3 is 5.97 Å². The lowest BCUT2D eigenvalue weighted by Crippen LogP contribution is -2.46. The van der Waals surface area contributed by atoms with E-state index in [1.54, 1.807) is 35.2 Å². The van der Waals surface area contributed by atoms with E-state index in [0.717, 1.165) is 18.5 Å². The van der Waals surface area contributed by atoms with Gasteiger partial charge in [0.05, 0.1) is 22.8 Å². The van der Waals surface area contributed by atoms with Gasteiger partial charge in [-0.1, -0.05) is 49.2 Å². The Balaban J connectivity index is 1.35. The summed E-state index contributed by atoms with van der Waals surface area (Å²) in [6, 6.07) is 11.2. The van der Waals surface area contributed by atoms with Gasteiger partial charge in [-0.15, -0.1) is 0 Å². The summed E-state index contributed by atoms with van der Waals surface area (Å²) in [5.74, 6) is -0.988. The van der Waals surface area contributed by atoms with Crippen molar-refractivity contribution in [3.8, 4) is 17.0 Å². The minimum atomic E-state index is -1.02. The molecule has 4 rings (SSSR count). The molecule has 3 aromatic rings. The molecule has 1 aliphatic rings. The molecule has 1 aromatic heterocycles. The van der Waals surface area contributed by atoms with Crippen LogP contribution in [0.3, 0.4) is 0 Å². The number of halogens is 2. The Bertz CT molecular complexity index is 1610. The number of carbonyl (C=O) groups is 3. The number of nitrogens with zero attached hydrogens (tertiary/aromatic N) is 4. The Morgan fingerprint density at radius 2 is 1.83 bits per heavy atom. The van der Waals surface area contributed by atoms with E-state index in [-0.39, 0.29) is 53.3 Å². The van der Waals surface area contributed by atoms with Crippen molar-refractivity contribution in [1.29, 1.82) is 0 Å². The molecule has 1 saturated heterocycles.